The van der Waals surface area contributed by atoms with Crippen LogP contribution in [0.5, 0.6) is 0 Å². The summed E-state index contributed by atoms with van der Waals surface area (Å²) >= 11 is 0. The minimum absolute atomic E-state index is 0.127. The van der Waals surface area contributed by atoms with Gasteiger partial charge in [-0.2, -0.15) is 4.31 Å². The minimum atomic E-state index is -3.98. The number of aliphatic carboxylic acids is 1. The van der Waals surface area contributed by atoms with Crippen molar-refractivity contribution in [2.45, 2.75) is 4.90 Å². The summed E-state index contributed by atoms with van der Waals surface area (Å²) in [6, 6.07) is 14.5. The summed E-state index contributed by atoms with van der Waals surface area (Å²) in [5.74, 6) is -1.43. The molecule has 0 unspecified atom stereocenters. The van der Waals surface area contributed by atoms with Crippen molar-refractivity contribution in [3.05, 3.63) is 83.9 Å². The van der Waals surface area contributed by atoms with Gasteiger partial charge in [-0.1, -0.05) is 12.1 Å². The fraction of sp³-hybridized carbons (Fsp3) is 0.0909. The van der Waals surface area contributed by atoms with Gasteiger partial charge in [-0.3, -0.25) is 9.59 Å². The Morgan fingerprint density at radius 2 is 1.74 bits per heavy atom. The Kier molecular flexibility index (Phi) is 6.47. The average Bonchev–Trinajstić information content (AvgIpc) is 3.20. The smallest absolute Gasteiger partial charge is 0.318 e. The van der Waals surface area contributed by atoms with Crippen LogP contribution in [0.15, 0.2) is 76.1 Å². The molecule has 0 saturated heterocycles. The van der Waals surface area contributed by atoms with Gasteiger partial charge in [-0.15, -0.1) is 0 Å². The van der Waals surface area contributed by atoms with Crippen LogP contribution in [0.4, 0.5) is 4.39 Å². The van der Waals surface area contributed by atoms with Crippen molar-refractivity contribution in [3.8, 4) is 11.3 Å². The van der Waals surface area contributed by atoms with E-state index in [0.29, 0.717) is 21.4 Å². The molecule has 0 aliphatic carbocycles. The van der Waals surface area contributed by atoms with Crippen molar-refractivity contribution in [3.63, 3.8) is 0 Å². The van der Waals surface area contributed by atoms with E-state index in [1.807, 2.05) is 0 Å². The van der Waals surface area contributed by atoms with Crippen LogP contribution < -0.4 is 0 Å². The Morgan fingerprint density at radius 3 is 2.39 bits per heavy atom. The molecule has 1 heterocycles. The molecular formula is C22H18FNO6S. The molecule has 0 aliphatic heterocycles. The van der Waals surface area contributed by atoms with Crippen molar-refractivity contribution in [2.75, 3.05) is 13.6 Å². The molecule has 0 aliphatic rings. The highest BCUT2D eigenvalue weighted by Crippen LogP contribution is 2.25. The second kappa shape index (κ2) is 9.07. The maximum atomic E-state index is 13.8. The zero-order valence-corrected chi connectivity index (χ0v) is 17.2. The summed E-state index contributed by atoms with van der Waals surface area (Å²) in [5.41, 5.74) is 0.537. The first kappa shape index (κ1) is 22.1. The third-order valence-electron chi connectivity index (χ3n) is 4.37. The van der Waals surface area contributed by atoms with E-state index in [4.69, 9.17) is 9.52 Å². The van der Waals surface area contributed by atoms with Gasteiger partial charge in [0.1, 0.15) is 23.9 Å². The monoisotopic (exact) mass is 443 g/mol. The molecular weight excluding hydrogens is 425 g/mol. The highest BCUT2D eigenvalue weighted by molar-refractivity contribution is 7.89. The number of carbonyl (C=O) groups is 2. The van der Waals surface area contributed by atoms with Gasteiger partial charge in [0.25, 0.3) is 0 Å². The summed E-state index contributed by atoms with van der Waals surface area (Å²) in [6.07, 6.45) is 2.68. The maximum absolute atomic E-state index is 13.8. The summed E-state index contributed by atoms with van der Waals surface area (Å²) in [4.78, 5) is 23.0. The number of carbonyl (C=O) groups excluding carboxylic acids is 1. The summed E-state index contributed by atoms with van der Waals surface area (Å²) in [6.45, 7) is -0.677. The van der Waals surface area contributed by atoms with Crippen molar-refractivity contribution < 1.29 is 31.9 Å². The Balaban J connectivity index is 1.72. The number of ketones is 1. The Bertz CT molecular complexity index is 1250. The van der Waals surface area contributed by atoms with Crippen molar-refractivity contribution in [2.24, 2.45) is 0 Å². The third kappa shape index (κ3) is 5.14. The van der Waals surface area contributed by atoms with Gasteiger partial charge in [0.15, 0.2) is 5.78 Å². The van der Waals surface area contributed by atoms with E-state index in [0.717, 1.165) is 7.05 Å². The molecule has 7 nitrogen and oxygen atoms in total. The second-order valence-corrected chi connectivity index (χ2v) is 8.60. The summed E-state index contributed by atoms with van der Waals surface area (Å²) in [7, 11) is -2.82. The van der Waals surface area contributed by atoms with Gasteiger partial charge in [0.05, 0.1) is 10.5 Å². The van der Waals surface area contributed by atoms with Crippen LogP contribution in [0.3, 0.4) is 0 Å². The van der Waals surface area contributed by atoms with Gasteiger partial charge >= 0.3 is 5.97 Å². The standard InChI is InChI=1S/C22H18FNO6S/c1-24(14-22(26)27)31(28,29)17-10-6-15(7-11-17)20(25)12-8-16-9-13-21(30-16)18-4-2-3-5-19(18)23/h2-13H,14H2,1H3,(H,26,27)/b12-8+. The zero-order valence-electron chi connectivity index (χ0n) is 16.4. The van der Waals surface area contributed by atoms with Crippen molar-refractivity contribution in [1.29, 1.82) is 0 Å². The minimum Gasteiger partial charge on any atom is -0.480 e. The molecule has 0 fully saturated rings. The van der Waals surface area contributed by atoms with Crippen LogP contribution in [-0.2, 0) is 14.8 Å². The number of rotatable bonds is 8. The van der Waals surface area contributed by atoms with E-state index in [-0.39, 0.29) is 10.5 Å². The number of carboxylic acid groups (broad SMARTS) is 1. The quantitative estimate of drug-likeness (QED) is 0.421. The Labute approximate surface area is 178 Å². The number of nitrogens with zero attached hydrogens (tertiary/aromatic N) is 1. The predicted molar refractivity (Wildman–Crippen MR) is 111 cm³/mol. The van der Waals surface area contributed by atoms with Crippen LogP contribution in [0.25, 0.3) is 17.4 Å². The number of sulfonamides is 1. The van der Waals surface area contributed by atoms with Crippen LogP contribution in [-0.4, -0.2) is 43.2 Å². The molecule has 0 radical (unpaired) electrons. The maximum Gasteiger partial charge on any atom is 0.318 e. The van der Waals surface area contributed by atoms with E-state index in [1.54, 1.807) is 30.3 Å². The number of carboxylic acids is 1. The molecule has 1 aromatic heterocycles. The lowest BCUT2D eigenvalue weighted by molar-refractivity contribution is -0.137. The fourth-order valence-electron chi connectivity index (χ4n) is 2.75. The van der Waals surface area contributed by atoms with Crippen LogP contribution in [0.2, 0.25) is 0 Å². The summed E-state index contributed by atoms with van der Waals surface area (Å²) < 4.78 is 44.7. The van der Waals surface area contributed by atoms with E-state index in [9.17, 15) is 22.4 Å². The van der Waals surface area contributed by atoms with E-state index in [2.05, 4.69) is 0 Å². The number of allylic oxidation sites excluding steroid dienone is 1. The third-order valence-corrected chi connectivity index (χ3v) is 6.19. The molecule has 31 heavy (non-hydrogen) atoms. The molecule has 2 aromatic carbocycles. The molecule has 0 saturated carbocycles. The van der Waals surface area contributed by atoms with Crippen molar-refractivity contribution in [1.82, 2.24) is 4.31 Å². The van der Waals surface area contributed by atoms with Gasteiger partial charge in [-0.25, -0.2) is 12.8 Å². The predicted octanol–water partition coefficient (Wildman–Crippen LogP) is 3.69. The number of hydrogen-bond acceptors (Lipinski definition) is 5. The molecule has 160 valence electrons. The molecule has 0 atom stereocenters. The highest BCUT2D eigenvalue weighted by atomic mass is 32.2. The normalized spacial score (nSPS) is 11.8. The summed E-state index contributed by atoms with van der Waals surface area (Å²) in [5, 5.41) is 8.76. The van der Waals surface area contributed by atoms with E-state index >= 15 is 0 Å². The van der Waals surface area contributed by atoms with Gasteiger partial charge in [0.2, 0.25) is 10.0 Å². The SMILES string of the molecule is CN(CC(=O)O)S(=O)(=O)c1ccc(C(=O)/C=C/c2ccc(-c3ccccc3F)o2)cc1. The topological polar surface area (TPSA) is 105 Å². The molecule has 9 heteroatoms. The second-order valence-electron chi connectivity index (χ2n) is 6.56. The molecule has 0 spiro atoms. The van der Waals surface area contributed by atoms with E-state index < -0.39 is 34.1 Å². The molecule has 1 N–H and O–H groups in total. The number of hydrogen-bond donors (Lipinski definition) is 1. The van der Waals surface area contributed by atoms with E-state index in [1.165, 1.54) is 42.5 Å². The zero-order chi connectivity index (χ0) is 22.6. The highest BCUT2D eigenvalue weighted by Gasteiger charge is 2.22. The molecule has 0 bridgehead atoms. The Morgan fingerprint density at radius 1 is 1.06 bits per heavy atom. The number of benzene rings is 2. The van der Waals surface area contributed by atoms with Gasteiger partial charge in [0, 0.05) is 12.6 Å². The Hall–Kier alpha value is -3.56. The lowest BCUT2D eigenvalue weighted by Crippen LogP contribution is -2.32. The van der Waals surface area contributed by atoms with Gasteiger partial charge in [-0.05, 0) is 60.7 Å². The van der Waals surface area contributed by atoms with Crippen molar-refractivity contribution >= 4 is 27.9 Å². The lowest BCUT2D eigenvalue weighted by Gasteiger charge is -2.14. The van der Waals surface area contributed by atoms with Gasteiger partial charge < -0.3 is 9.52 Å². The fourth-order valence-corrected chi connectivity index (χ4v) is 3.87. The first-order valence-corrected chi connectivity index (χ1v) is 10.5. The lowest BCUT2D eigenvalue weighted by atomic mass is 10.1. The van der Waals surface area contributed by atoms with Crippen LogP contribution in [0.1, 0.15) is 16.1 Å². The van der Waals surface area contributed by atoms with Crippen LogP contribution in [0, 0.1) is 5.82 Å². The molecule has 0 amide bonds. The average molecular weight is 443 g/mol. The number of furan rings is 1. The first-order valence-electron chi connectivity index (χ1n) is 9.04. The number of halogens is 1. The molecule has 3 rings (SSSR count). The first-order chi connectivity index (χ1) is 14.7. The van der Waals surface area contributed by atoms with Crippen LogP contribution >= 0.6 is 0 Å². The number of likely N-dealkylation sites (N-methyl/N-ethyl adjacent to an activating group) is 1. The largest absolute Gasteiger partial charge is 0.480 e. The molecule has 3 aromatic rings.